The zero-order valence-corrected chi connectivity index (χ0v) is 16.7. The molecular formula is C22H25N3O3. The van der Waals surface area contributed by atoms with E-state index in [0.717, 1.165) is 41.4 Å². The summed E-state index contributed by atoms with van der Waals surface area (Å²) in [5.74, 6) is -1.10. The molecule has 1 aliphatic carbocycles. The first kappa shape index (κ1) is 19.8. The number of amides is 1. The second-order valence-corrected chi connectivity index (χ2v) is 7.79. The van der Waals surface area contributed by atoms with Gasteiger partial charge in [0, 0.05) is 11.1 Å². The number of esters is 1. The molecule has 0 saturated heterocycles. The van der Waals surface area contributed by atoms with Crippen LogP contribution < -0.4 is 5.32 Å². The monoisotopic (exact) mass is 379 g/mol. The minimum atomic E-state index is -1.03. The zero-order valence-electron chi connectivity index (χ0n) is 16.7. The highest BCUT2D eigenvalue weighted by Gasteiger charge is 2.33. The lowest BCUT2D eigenvalue weighted by molar-refractivity contribution is -0.130. The quantitative estimate of drug-likeness (QED) is 0.805. The molecule has 28 heavy (non-hydrogen) atoms. The molecule has 0 fully saturated rings. The molecule has 1 N–H and O–H groups in total. The summed E-state index contributed by atoms with van der Waals surface area (Å²) in [5.41, 5.74) is 2.08. The summed E-state index contributed by atoms with van der Waals surface area (Å²) in [6.07, 6.45) is 1.55. The summed E-state index contributed by atoms with van der Waals surface area (Å²) in [7, 11) is 0. The van der Waals surface area contributed by atoms with Crippen LogP contribution in [-0.4, -0.2) is 28.5 Å². The van der Waals surface area contributed by atoms with Crippen molar-refractivity contribution in [2.45, 2.75) is 58.6 Å². The van der Waals surface area contributed by atoms with E-state index in [0.29, 0.717) is 5.56 Å². The second kappa shape index (κ2) is 7.59. The second-order valence-electron chi connectivity index (χ2n) is 7.79. The van der Waals surface area contributed by atoms with Gasteiger partial charge < -0.3 is 10.1 Å². The number of aryl methyl sites for hydroxylation is 1. The van der Waals surface area contributed by atoms with Gasteiger partial charge in [-0.3, -0.25) is 9.78 Å². The fourth-order valence-electron chi connectivity index (χ4n) is 3.38. The molecule has 6 heteroatoms. The number of ether oxygens (including phenoxy) is 1. The van der Waals surface area contributed by atoms with Gasteiger partial charge in [0.05, 0.1) is 17.1 Å². The Morgan fingerprint density at radius 1 is 1.25 bits per heavy atom. The molecule has 0 radical (unpaired) electrons. The Balaban J connectivity index is 1.86. The Morgan fingerprint density at radius 3 is 2.64 bits per heavy atom. The number of fused-ring (bicyclic) bond motifs is 2. The van der Waals surface area contributed by atoms with Crippen LogP contribution in [0.3, 0.4) is 0 Å². The number of benzene rings is 1. The maximum absolute atomic E-state index is 13.0. The maximum atomic E-state index is 13.0. The zero-order chi connectivity index (χ0) is 20.5. The Labute approximate surface area is 164 Å². The van der Waals surface area contributed by atoms with Crippen LogP contribution in [0, 0.1) is 17.2 Å². The molecule has 1 amide bonds. The number of nitrogens with zero attached hydrogens (tertiary/aromatic N) is 2. The van der Waals surface area contributed by atoms with Crippen molar-refractivity contribution in [2.75, 3.05) is 0 Å². The number of hydrogen-bond acceptors (Lipinski definition) is 5. The Hall–Kier alpha value is -2.94. The summed E-state index contributed by atoms with van der Waals surface area (Å²) in [4.78, 5) is 30.2. The molecule has 0 spiro atoms. The average Bonchev–Trinajstić information content (AvgIpc) is 3.13. The molecule has 2 aromatic rings. The predicted octanol–water partition coefficient (Wildman–Crippen LogP) is 3.32. The highest BCUT2D eigenvalue weighted by molar-refractivity contribution is 6.06. The van der Waals surface area contributed by atoms with Crippen LogP contribution in [0.15, 0.2) is 24.3 Å². The van der Waals surface area contributed by atoms with Gasteiger partial charge in [-0.1, -0.05) is 32.0 Å². The summed E-state index contributed by atoms with van der Waals surface area (Å²) < 4.78 is 5.51. The van der Waals surface area contributed by atoms with Crippen molar-refractivity contribution in [1.29, 1.82) is 5.26 Å². The van der Waals surface area contributed by atoms with E-state index in [1.165, 1.54) is 6.92 Å². The molecule has 0 unspecified atom stereocenters. The molecule has 3 rings (SSSR count). The molecule has 1 aliphatic rings. The van der Waals surface area contributed by atoms with E-state index in [2.05, 4.69) is 16.4 Å². The molecule has 0 saturated carbocycles. The number of rotatable bonds is 5. The minimum absolute atomic E-state index is 0.0863. The number of hydrogen-bond donors (Lipinski definition) is 1. The molecule has 0 aliphatic heterocycles. The van der Waals surface area contributed by atoms with Crippen molar-refractivity contribution in [3.63, 3.8) is 0 Å². The van der Waals surface area contributed by atoms with E-state index in [-0.39, 0.29) is 5.92 Å². The molecule has 6 nitrogen and oxygen atoms in total. The lowest BCUT2D eigenvalue weighted by atomic mass is 9.90. The van der Waals surface area contributed by atoms with E-state index >= 15 is 0 Å². The standard InChI is InChI=1S/C22H25N3O3/c1-13(2)22(4,12-23)25-20(26)14(3)28-21(27)19-15-8-5-6-10-17(15)24-18-11-7-9-16(18)19/h5-6,8,10,13-14H,7,9,11H2,1-4H3,(H,25,26)/t14-,22+/m1/s1. The van der Waals surface area contributed by atoms with Crippen molar-refractivity contribution in [3.05, 3.63) is 41.1 Å². The summed E-state index contributed by atoms with van der Waals surface area (Å²) in [6, 6.07) is 9.60. The number of nitrogens with one attached hydrogen (secondary N) is 1. The van der Waals surface area contributed by atoms with Crippen LogP contribution in [0.1, 0.15) is 55.7 Å². The number of carbonyl (C=O) groups is 2. The van der Waals surface area contributed by atoms with Crippen molar-refractivity contribution in [1.82, 2.24) is 10.3 Å². The molecule has 1 heterocycles. The topological polar surface area (TPSA) is 92.1 Å². The molecule has 0 bridgehead atoms. The molecule has 146 valence electrons. The van der Waals surface area contributed by atoms with E-state index in [4.69, 9.17) is 4.74 Å². The number of para-hydroxylation sites is 1. The fraction of sp³-hybridized carbons (Fsp3) is 0.455. The Kier molecular flexibility index (Phi) is 5.37. The molecular weight excluding hydrogens is 354 g/mol. The third-order valence-electron chi connectivity index (χ3n) is 5.55. The van der Waals surface area contributed by atoms with Crippen molar-refractivity contribution >= 4 is 22.8 Å². The van der Waals surface area contributed by atoms with Crippen molar-refractivity contribution in [2.24, 2.45) is 5.92 Å². The van der Waals surface area contributed by atoms with E-state index in [1.807, 2.05) is 38.1 Å². The lowest BCUT2D eigenvalue weighted by Gasteiger charge is -2.28. The summed E-state index contributed by atoms with van der Waals surface area (Å²) in [6.45, 7) is 6.89. The van der Waals surface area contributed by atoms with Gasteiger partial charge in [-0.15, -0.1) is 0 Å². The maximum Gasteiger partial charge on any atom is 0.339 e. The van der Waals surface area contributed by atoms with Crippen LogP contribution in [0.25, 0.3) is 10.9 Å². The highest BCUT2D eigenvalue weighted by Crippen LogP contribution is 2.30. The lowest BCUT2D eigenvalue weighted by Crippen LogP contribution is -2.52. The third kappa shape index (κ3) is 3.57. The fourth-order valence-corrected chi connectivity index (χ4v) is 3.38. The Morgan fingerprint density at radius 2 is 1.96 bits per heavy atom. The number of nitriles is 1. The van der Waals surface area contributed by atoms with E-state index < -0.39 is 23.5 Å². The van der Waals surface area contributed by atoms with Crippen LogP contribution >= 0.6 is 0 Å². The smallest absolute Gasteiger partial charge is 0.339 e. The molecule has 1 aromatic heterocycles. The average molecular weight is 379 g/mol. The van der Waals surface area contributed by atoms with Gasteiger partial charge >= 0.3 is 5.97 Å². The number of carbonyl (C=O) groups excluding carboxylic acids is 2. The van der Waals surface area contributed by atoms with Gasteiger partial charge in [0.1, 0.15) is 5.54 Å². The van der Waals surface area contributed by atoms with Gasteiger partial charge in [0.15, 0.2) is 6.10 Å². The van der Waals surface area contributed by atoms with Gasteiger partial charge in [-0.25, -0.2) is 4.79 Å². The van der Waals surface area contributed by atoms with Crippen LogP contribution in [0.2, 0.25) is 0 Å². The van der Waals surface area contributed by atoms with Gasteiger partial charge in [0.2, 0.25) is 0 Å². The largest absolute Gasteiger partial charge is 0.449 e. The van der Waals surface area contributed by atoms with Crippen molar-refractivity contribution < 1.29 is 14.3 Å². The Bertz CT molecular complexity index is 977. The number of aromatic nitrogens is 1. The highest BCUT2D eigenvalue weighted by atomic mass is 16.5. The van der Waals surface area contributed by atoms with Gasteiger partial charge in [-0.05, 0) is 50.7 Å². The van der Waals surface area contributed by atoms with Gasteiger partial charge in [-0.2, -0.15) is 5.26 Å². The minimum Gasteiger partial charge on any atom is -0.449 e. The predicted molar refractivity (Wildman–Crippen MR) is 106 cm³/mol. The van der Waals surface area contributed by atoms with Crippen LogP contribution in [0.5, 0.6) is 0 Å². The molecule has 2 atom stereocenters. The number of pyridine rings is 1. The summed E-state index contributed by atoms with van der Waals surface area (Å²) in [5, 5.41) is 12.8. The van der Waals surface area contributed by atoms with Crippen LogP contribution in [-0.2, 0) is 22.4 Å². The van der Waals surface area contributed by atoms with E-state index in [1.54, 1.807) is 6.92 Å². The first-order valence-corrected chi connectivity index (χ1v) is 9.61. The van der Waals surface area contributed by atoms with Crippen LogP contribution in [0.4, 0.5) is 0 Å². The van der Waals surface area contributed by atoms with Crippen molar-refractivity contribution in [3.8, 4) is 6.07 Å². The third-order valence-corrected chi connectivity index (χ3v) is 5.55. The summed E-state index contributed by atoms with van der Waals surface area (Å²) >= 11 is 0. The first-order valence-electron chi connectivity index (χ1n) is 9.61. The van der Waals surface area contributed by atoms with Gasteiger partial charge in [0.25, 0.3) is 5.91 Å². The van der Waals surface area contributed by atoms with E-state index in [9.17, 15) is 14.9 Å². The molecule has 1 aromatic carbocycles. The first-order chi connectivity index (χ1) is 13.3. The normalized spacial score (nSPS) is 16.1. The SMILES string of the molecule is CC(C)[C@](C)(C#N)NC(=O)[C@@H](C)OC(=O)c1c2c(nc3ccccc13)CCC2.